The third-order valence-corrected chi connectivity index (χ3v) is 5.33. The number of halogens is 1. The Balaban J connectivity index is 1.50. The lowest BCUT2D eigenvalue weighted by Gasteiger charge is -2.39. The van der Waals surface area contributed by atoms with E-state index in [1.54, 1.807) is 0 Å². The summed E-state index contributed by atoms with van der Waals surface area (Å²) in [6.45, 7) is 5.87. The molecule has 0 aliphatic carbocycles. The molecule has 6 heteroatoms. The summed E-state index contributed by atoms with van der Waals surface area (Å²) in [5.41, 5.74) is 2.09. The van der Waals surface area contributed by atoms with Crippen LogP contribution in [0.2, 0.25) is 5.22 Å². The van der Waals surface area contributed by atoms with E-state index in [9.17, 15) is 4.79 Å². The number of hydrogen-bond acceptors (Lipinski definition) is 4. The SMILES string of the molecule is Cc1noc(Cl)c1CCC(=O)N1CCC2(CCNC2)CC1. The first kappa shape index (κ1) is 14.9. The molecule has 1 aromatic heterocycles. The van der Waals surface area contributed by atoms with Gasteiger partial charge in [0.1, 0.15) is 0 Å². The third-order valence-electron chi connectivity index (χ3n) is 5.03. The molecule has 2 saturated heterocycles. The van der Waals surface area contributed by atoms with E-state index in [0.29, 0.717) is 23.5 Å². The molecule has 1 N–H and O–H groups in total. The Hall–Kier alpha value is -1.07. The largest absolute Gasteiger partial charge is 0.344 e. The van der Waals surface area contributed by atoms with Gasteiger partial charge < -0.3 is 14.7 Å². The minimum absolute atomic E-state index is 0.215. The number of hydrogen-bond donors (Lipinski definition) is 1. The first-order valence-corrected chi connectivity index (χ1v) is 8.07. The highest BCUT2D eigenvalue weighted by Crippen LogP contribution is 2.37. The molecule has 2 fully saturated rings. The predicted octanol–water partition coefficient (Wildman–Crippen LogP) is 2.17. The van der Waals surface area contributed by atoms with Crippen LogP contribution in [0.1, 0.15) is 36.9 Å². The van der Waals surface area contributed by atoms with Gasteiger partial charge >= 0.3 is 0 Å². The molecule has 0 unspecified atom stereocenters. The normalized spacial score (nSPS) is 21.1. The van der Waals surface area contributed by atoms with Crippen LogP contribution in [-0.2, 0) is 11.2 Å². The van der Waals surface area contributed by atoms with Crippen molar-refractivity contribution in [3.8, 4) is 0 Å². The number of carbonyl (C=O) groups excluding carboxylic acids is 1. The van der Waals surface area contributed by atoms with E-state index in [1.165, 1.54) is 6.42 Å². The molecule has 0 aromatic carbocycles. The van der Waals surface area contributed by atoms with Crippen LogP contribution in [-0.4, -0.2) is 42.1 Å². The molecule has 0 saturated carbocycles. The second kappa shape index (κ2) is 5.97. The lowest BCUT2D eigenvalue weighted by molar-refractivity contribution is -0.133. The van der Waals surface area contributed by atoms with Gasteiger partial charge in [-0.05, 0) is 56.2 Å². The van der Waals surface area contributed by atoms with Crippen molar-refractivity contribution in [2.75, 3.05) is 26.2 Å². The molecule has 5 nitrogen and oxygen atoms in total. The van der Waals surface area contributed by atoms with Crippen LogP contribution in [0.25, 0.3) is 0 Å². The fraction of sp³-hybridized carbons (Fsp3) is 0.733. The molecule has 116 valence electrons. The van der Waals surface area contributed by atoms with Gasteiger partial charge in [0.15, 0.2) is 0 Å². The van der Waals surface area contributed by atoms with Gasteiger partial charge in [0.05, 0.1) is 5.69 Å². The summed E-state index contributed by atoms with van der Waals surface area (Å²) in [7, 11) is 0. The molecule has 1 spiro atoms. The number of carbonyl (C=O) groups is 1. The predicted molar refractivity (Wildman–Crippen MR) is 80.3 cm³/mol. The molecule has 0 atom stereocenters. The molecule has 1 amide bonds. The summed E-state index contributed by atoms with van der Waals surface area (Å²) in [4.78, 5) is 14.3. The second-order valence-corrected chi connectivity index (χ2v) is 6.67. The topological polar surface area (TPSA) is 58.4 Å². The number of aromatic nitrogens is 1. The van der Waals surface area contributed by atoms with Crippen molar-refractivity contribution in [2.45, 2.75) is 39.0 Å². The summed E-state index contributed by atoms with van der Waals surface area (Å²) < 4.78 is 4.92. The Kier molecular flexibility index (Phi) is 4.22. The van der Waals surface area contributed by atoms with Crippen LogP contribution in [0.4, 0.5) is 0 Å². The zero-order valence-corrected chi connectivity index (χ0v) is 13.2. The van der Waals surface area contributed by atoms with Crippen LogP contribution in [0.15, 0.2) is 4.52 Å². The van der Waals surface area contributed by atoms with Crippen molar-refractivity contribution >= 4 is 17.5 Å². The van der Waals surface area contributed by atoms with Gasteiger partial charge in [-0.1, -0.05) is 5.16 Å². The Bertz CT molecular complexity index is 493. The second-order valence-electron chi connectivity index (χ2n) is 6.33. The smallest absolute Gasteiger partial charge is 0.229 e. The molecule has 21 heavy (non-hydrogen) atoms. The Morgan fingerprint density at radius 2 is 2.19 bits per heavy atom. The summed E-state index contributed by atoms with van der Waals surface area (Å²) in [5.74, 6) is 0.215. The van der Waals surface area contributed by atoms with Gasteiger partial charge in [0, 0.05) is 31.6 Å². The maximum Gasteiger partial charge on any atom is 0.229 e. The van der Waals surface area contributed by atoms with Gasteiger partial charge in [-0.3, -0.25) is 4.79 Å². The van der Waals surface area contributed by atoms with Crippen LogP contribution in [0, 0.1) is 12.3 Å². The number of likely N-dealkylation sites (tertiary alicyclic amines) is 1. The van der Waals surface area contributed by atoms with Gasteiger partial charge in [0.2, 0.25) is 11.1 Å². The van der Waals surface area contributed by atoms with Crippen LogP contribution >= 0.6 is 11.6 Å². The minimum atomic E-state index is 0.215. The fourth-order valence-corrected chi connectivity index (χ4v) is 3.75. The highest BCUT2D eigenvalue weighted by Gasteiger charge is 2.37. The summed E-state index contributed by atoms with van der Waals surface area (Å²) >= 11 is 5.94. The van der Waals surface area contributed by atoms with Crippen molar-refractivity contribution in [1.82, 2.24) is 15.4 Å². The molecule has 1 aromatic rings. The summed E-state index contributed by atoms with van der Waals surface area (Å²) in [6, 6.07) is 0. The van der Waals surface area contributed by atoms with Crippen molar-refractivity contribution < 1.29 is 9.32 Å². The Morgan fingerprint density at radius 3 is 2.76 bits per heavy atom. The standard InChI is InChI=1S/C15H22ClN3O2/c1-11-12(14(16)21-18-11)2-3-13(20)19-8-5-15(6-9-19)4-7-17-10-15/h17H,2-10H2,1H3. The third kappa shape index (κ3) is 3.09. The number of nitrogens with zero attached hydrogens (tertiary/aromatic N) is 2. The van der Waals surface area contributed by atoms with Crippen LogP contribution in [0.3, 0.4) is 0 Å². The molecular formula is C15H22ClN3O2. The molecule has 2 aliphatic rings. The van der Waals surface area contributed by atoms with Gasteiger partial charge in [0.25, 0.3) is 0 Å². The fourth-order valence-electron chi connectivity index (χ4n) is 3.48. The maximum absolute atomic E-state index is 12.3. The van der Waals surface area contributed by atoms with Crippen molar-refractivity contribution in [2.24, 2.45) is 5.41 Å². The average Bonchev–Trinajstić information content (AvgIpc) is 3.06. The number of aryl methyl sites for hydroxylation is 1. The summed E-state index contributed by atoms with van der Waals surface area (Å²) in [6.07, 6.45) is 4.59. The molecule has 3 heterocycles. The van der Waals surface area contributed by atoms with E-state index in [0.717, 1.165) is 50.3 Å². The summed E-state index contributed by atoms with van der Waals surface area (Å²) in [5, 5.41) is 7.58. The van der Waals surface area contributed by atoms with E-state index >= 15 is 0 Å². The zero-order chi connectivity index (χ0) is 14.9. The number of amides is 1. The van der Waals surface area contributed by atoms with E-state index in [2.05, 4.69) is 10.5 Å². The zero-order valence-electron chi connectivity index (χ0n) is 12.5. The number of rotatable bonds is 3. The van der Waals surface area contributed by atoms with E-state index in [4.69, 9.17) is 16.1 Å². The van der Waals surface area contributed by atoms with Crippen molar-refractivity contribution in [3.63, 3.8) is 0 Å². The van der Waals surface area contributed by atoms with Gasteiger partial charge in [-0.15, -0.1) is 0 Å². The first-order chi connectivity index (χ1) is 10.1. The molecule has 0 bridgehead atoms. The minimum Gasteiger partial charge on any atom is -0.344 e. The van der Waals surface area contributed by atoms with Crippen LogP contribution in [0.5, 0.6) is 0 Å². The molecule has 2 aliphatic heterocycles. The van der Waals surface area contributed by atoms with Gasteiger partial charge in [-0.25, -0.2) is 0 Å². The maximum atomic E-state index is 12.3. The Labute approximate surface area is 130 Å². The highest BCUT2D eigenvalue weighted by atomic mass is 35.5. The lowest BCUT2D eigenvalue weighted by atomic mass is 9.78. The van der Waals surface area contributed by atoms with E-state index in [1.807, 2.05) is 11.8 Å². The van der Waals surface area contributed by atoms with Gasteiger partial charge in [-0.2, -0.15) is 0 Å². The molecule has 3 rings (SSSR count). The quantitative estimate of drug-likeness (QED) is 0.929. The number of nitrogens with one attached hydrogen (secondary N) is 1. The van der Waals surface area contributed by atoms with Crippen molar-refractivity contribution in [3.05, 3.63) is 16.5 Å². The monoisotopic (exact) mass is 311 g/mol. The number of piperidine rings is 1. The van der Waals surface area contributed by atoms with E-state index < -0.39 is 0 Å². The molecule has 0 radical (unpaired) electrons. The first-order valence-electron chi connectivity index (χ1n) is 7.69. The van der Waals surface area contributed by atoms with Crippen LogP contribution < -0.4 is 5.32 Å². The van der Waals surface area contributed by atoms with E-state index in [-0.39, 0.29) is 5.91 Å². The van der Waals surface area contributed by atoms with Crippen molar-refractivity contribution in [1.29, 1.82) is 0 Å². The Morgan fingerprint density at radius 1 is 1.43 bits per heavy atom. The highest BCUT2D eigenvalue weighted by molar-refractivity contribution is 6.29. The average molecular weight is 312 g/mol. The molecular weight excluding hydrogens is 290 g/mol. The lowest BCUT2D eigenvalue weighted by Crippen LogP contribution is -2.44.